The summed E-state index contributed by atoms with van der Waals surface area (Å²) in [5.74, 6) is 0. The summed E-state index contributed by atoms with van der Waals surface area (Å²) in [5, 5.41) is 13.9. The number of hydrogen-bond acceptors (Lipinski definition) is 3. The van der Waals surface area contributed by atoms with Crippen LogP contribution in [0.4, 0.5) is 0 Å². The van der Waals surface area contributed by atoms with E-state index in [1.54, 1.807) is 0 Å². The van der Waals surface area contributed by atoms with Gasteiger partial charge in [-0.15, -0.1) is 0 Å². The molecule has 0 radical (unpaired) electrons. The van der Waals surface area contributed by atoms with Crippen LogP contribution in [0.15, 0.2) is 24.3 Å². The van der Waals surface area contributed by atoms with E-state index >= 15 is 0 Å². The van der Waals surface area contributed by atoms with Crippen LogP contribution in [0.1, 0.15) is 37.8 Å². The molecule has 2 N–H and O–H groups in total. The van der Waals surface area contributed by atoms with Crippen molar-refractivity contribution in [3.05, 3.63) is 34.9 Å². The first kappa shape index (κ1) is 15.8. The molecule has 1 unspecified atom stereocenters. The standard InChI is InChI=1S/C16H25ClN2O/c1-2-9-19-10-7-15(8-11-19)18-16(12-20)13-3-5-14(17)6-4-13/h3-6,15-16,18,20H,2,7-12H2,1H3. The van der Waals surface area contributed by atoms with E-state index in [0.29, 0.717) is 6.04 Å². The fraction of sp³-hybridized carbons (Fsp3) is 0.625. The largest absolute Gasteiger partial charge is 0.394 e. The number of hydrogen-bond donors (Lipinski definition) is 2. The van der Waals surface area contributed by atoms with E-state index in [-0.39, 0.29) is 12.6 Å². The Morgan fingerprint density at radius 2 is 1.95 bits per heavy atom. The molecule has 1 heterocycles. The van der Waals surface area contributed by atoms with Crippen molar-refractivity contribution in [2.45, 2.75) is 38.3 Å². The lowest BCUT2D eigenvalue weighted by molar-refractivity contribution is 0.172. The number of likely N-dealkylation sites (tertiary alicyclic amines) is 1. The Hall–Kier alpha value is -0.610. The summed E-state index contributed by atoms with van der Waals surface area (Å²) in [4.78, 5) is 2.52. The Morgan fingerprint density at radius 1 is 1.30 bits per heavy atom. The van der Waals surface area contributed by atoms with Crippen LogP contribution in [0.2, 0.25) is 5.02 Å². The van der Waals surface area contributed by atoms with Gasteiger partial charge in [0.2, 0.25) is 0 Å². The summed E-state index contributed by atoms with van der Waals surface area (Å²) in [6.45, 7) is 5.87. The molecular formula is C16H25ClN2O. The van der Waals surface area contributed by atoms with Crippen molar-refractivity contribution in [1.82, 2.24) is 10.2 Å². The molecule has 0 bridgehead atoms. The monoisotopic (exact) mass is 296 g/mol. The van der Waals surface area contributed by atoms with Gasteiger partial charge in [-0.3, -0.25) is 0 Å². The van der Waals surface area contributed by atoms with Gasteiger partial charge in [-0.2, -0.15) is 0 Å². The lowest BCUT2D eigenvalue weighted by Crippen LogP contribution is -2.44. The van der Waals surface area contributed by atoms with Crippen molar-refractivity contribution in [2.75, 3.05) is 26.2 Å². The highest BCUT2D eigenvalue weighted by molar-refractivity contribution is 6.30. The van der Waals surface area contributed by atoms with Crippen molar-refractivity contribution in [3.63, 3.8) is 0 Å². The second kappa shape index (κ2) is 7.99. The Balaban J connectivity index is 1.86. The van der Waals surface area contributed by atoms with Gasteiger partial charge in [-0.25, -0.2) is 0 Å². The van der Waals surface area contributed by atoms with Crippen LogP contribution in [0, 0.1) is 0 Å². The zero-order valence-corrected chi connectivity index (χ0v) is 12.9. The predicted octanol–water partition coefficient (Wildman–Crippen LogP) is 2.84. The number of benzene rings is 1. The van der Waals surface area contributed by atoms with Gasteiger partial charge in [0, 0.05) is 11.1 Å². The van der Waals surface area contributed by atoms with Gasteiger partial charge in [0.15, 0.2) is 0 Å². The third-order valence-corrected chi connectivity index (χ3v) is 4.27. The van der Waals surface area contributed by atoms with Gasteiger partial charge in [-0.05, 0) is 56.6 Å². The van der Waals surface area contributed by atoms with E-state index in [2.05, 4.69) is 17.1 Å². The molecule has 1 aromatic rings. The van der Waals surface area contributed by atoms with E-state index in [9.17, 15) is 5.11 Å². The fourth-order valence-corrected chi connectivity index (χ4v) is 3.00. The van der Waals surface area contributed by atoms with Crippen LogP contribution in [0.5, 0.6) is 0 Å². The van der Waals surface area contributed by atoms with Crippen LogP contribution in [0.3, 0.4) is 0 Å². The highest BCUT2D eigenvalue weighted by Gasteiger charge is 2.21. The Bertz CT molecular complexity index is 388. The molecular weight excluding hydrogens is 272 g/mol. The lowest BCUT2D eigenvalue weighted by atomic mass is 10.0. The molecule has 1 atom stereocenters. The maximum atomic E-state index is 9.61. The molecule has 0 aliphatic carbocycles. The summed E-state index contributed by atoms with van der Waals surface area (Å²) in [6.07, 6.45) is 3.54. The van der Waals surface area contributed by atoms with Gasteiger partial charge in [0.25, 0.3) is 0 Å². The molecule has 4 heteroatoms. The van der Waals surface area contributed by atoms with Crippen molar-refractivity contribution < 1.29 is 5.11 Å². The quantitative estimate of drug-likeness (QED) is 0.847. The van der Waals surface area contributed by atoms with Gasteiger partial charge >= 0.3 is 0 Å². The first-order valence-electron chi connectivity index (χ1n) is 7.57. The highest BCUT2D eigenvalue weighted by atomic mass is 35.5. The minimum absolute atomic E-state index is 0.00925. The van der Waals surface area contributed by atoms with Crippen LogP contribution >= 0.6 is 11.6 Å². The van der Waals surface area contributed by atoms with E-state index in [0.717, 1.165) is 36.5 Å². The number of nitrogens with one attached hydrogen (secondary N) is 1. The topological polar surface area (TPSA) is 35.5 Å². The molecule has 1 saturated heterocycles. The zero-order chi connectivity index (χ0) is 14.4. The lowest BCUT2D eigenvalue weighted by Gasteiger charge is -2.34. The molecule has 3 nitrogen and oxygen atoms in total. The molecule has 0 spiro atoms. The molecule has 112 valence electrons. The Kier molecular flexibility index (Phi) is 6.30. The second-order valence-corrected chi connectivity index (χ2v) is 6.01. The molecule has 1 aliphatic rings. The van der Waals surface area contributed by atoms with Crippen molar-refractivity contribution in [1.29, 1.82) is 0 Å². The first-order valence-corrected chi connectivity index (χ1v) is 7.95. The molecule has 1 fully saturated rings. The normalized spacial score (nSPS) is 19.1. The fourth-order valence-electron chi connectivity index (χ4n) is 2.87. The molecule has 0 saturated carbocycles. The summed E-state index contributed by atoms with van der Waals surface area (Å²) in [6, 6.07) is 8.24. The SMILES string of the molecule is CCCN1CCC(NC(CO)c2ccc(Cl)cc2)CC1. The number of nitrogens with zero attached hydrogens (tertiary/aromatic N) is 1. The number of aliphatic hydroxyl groups excluding tert-OH is 1. The van der Waals surface area contributed by atoms with Gasteiger partial charge in [-0.1, -0.05) is 30.7 Å². The van der Waals surface area contributed by atoms with Crippen LogP contribution < -0.4 is 5.32 Å². The van der Waals surface area contributed by atoms with Crippen LogP contribution in [0.25, 0.3) is 0 Å². The number of aliphatic hydroxyl groups is 1. The second-order valence-electron chi connectivity index (χ2n) is 5.57. The average molecular weight is 297 g/mol. The van der Waals surface area contributed by atoms with E-state index < -0.39 is 0 Å². The third-order valence-electron chi connectivity index (χ3n) is 4.02. The first-order chi connectivity index (χ1) is 9.72. The van der Waals surface area contributed by atoms with Crippen molar-refractivity contribution in [2.24, 2.45) is 0 Å². The Labute approximate surface area is 126 Å². The summed E-state index contributed by atoms with van der Waals surface area (Å²) in [5.41, 5.74) is 1.10. The molecule has 20 heavy (non-hydrogen) atoms. The summed E-state index contributed by atoms with van der Waals surface area (Å²) < 4.78 is 0. The number of halogens is 1. The van der Waals surface area contributed by atoms with Gasteiger partial charge in [0.05, 0.1) is 12.6 Å². The minimum Gasteiger partial charge on any atom is -0.394 e. The van der Waals surface area contributed by atoms with Gasteiger partial charge in [0.1, 0.15) is 0 Å². The van der Waals surface area contributed by atoms with Gasteiger partial charge < -0.3 is 15.3 Å². The highest BCUT2D eigenvalue weighted by Crippen LogP contribution is 2.19. The van der Waals surface area contributed by atoms with Crippen molar-refractivity contribution in [3.8, 4) is 0 Å². The smallest absolute Gasteiger partial charge is 0.0626 e. The van der Waals surface area contributed by atoms with Crippen molar-refractivity contribution >= 4 is 11.6 Å². The predicted molar refractivity (Wildman–Crippen MR) is 84.2 cm³/mol. The number of rotatable bonds is 6. The molecule has 1 aromatic carbocycles. The van der Waals surface area contributed by atoms with E-state index in [4.69, 9.17) is 11.6 Å². The average Bonchev–Trinajstić information content (AvgIpc) is 2.48. The molecule has 0 aromatic heterocycles. The molecule has 1 aliphatic heterocycles. The zero-order valence-electron chi connectivity index (χ0n) is 12.2. The summed E-state index contributed by atoms with van der Waals surface area (Å²) in [7, 11) is 0. The minimum atomic E-state index is 0.00925. The van der Waals surface area contributed by atoms with E-state index in [1.165, 1.54) is 13.0 Å². The maximum Gasteiger partial charge on any atom is 0.0626 e. The van der Waals surface area contributed by atoms with Crippen LogP contribution in [-0.2, 0) is 0 Å². The third kappa shape index (κ3) is 4.45. The van der Waals surface area contributed by atoms with Crippen LogP contribution in [-0.4, -0.2) is 42.3 Å². The molecule has 2 rings (SSSR count). The summed E-state index contributed by atoms with van der Waals surface area (Å²) >= 11 is 5.91. The van der Waals surface area contributed by atoms with E-state index in [1.807, 2.05) is 24.3 Å². The maximum absolute atomic E-state index is 9.61. The molecule has 0 amide bonds. The number of piperidine rings is 1. The Morgan fingerprint density at radius 3 is 2.50 bits per heavy atom.